The lowest BCUT2D eigenvalue weighted by Gasteiger charge is -2.39. The molecule has 2 aliphatic heterocycles. The summed E-state index contributed by atoms with van der Waals surface area (Å²) in [6.07, 6.45) is -0.786. The summed E-state index contributed by atoms with van der Waals surface area (Å²) < 4.78 is 44.6. The zero-order valence-corrected chi connectivity index (χ0v) is 33.7. The van der Waals surface area contributed by atoms with Crippen LogP contribution in [0.3, 0.4) is 0 Å². The van der Waals surface area contributed by atoms with Crippen LogP contribution >= 0.6 is 35.3 Å². The van der Waals surface area contributed by atoms with Crippen molar-refractivity contribution in [2.75, 3.05) is 67.8 Å². The summed E-state index contributed by atoms with van der Waals surface area (Å²) in [7, 11) is 1.50. The molecule has 2 aliphatic rings. The van der Waals surface area contributed by atoms with Gasteiger partial charge in [-0.25, -0.2) is 4.31 Å². The zero-order chi connectivity index (χ0) is 41.3. The second-order valence-electron chi connectivity index (χ2n) is 13.9. The highest BCUT2D eigenvalue weighted by molar-refractivity contribution is 7.98. The number of piperidine rings is 1. The van der Waals surface area contributed by atoms with Gasteiger partial charge in [0.15, 0.2) is 6.29 Å². The Morgan fingerprint density at radius 1 is 0.930 bits per heavy atom. The maximum atomic E-state index is 13.6. The smallest absolute Gasteiger partial charge is 0.371 e. The number of amides is 4. The summed E-state index contributed by atoms with van der Waals surface area (Å²) in [5.74, 6) is -1.16. The third kappa shape index (κ3) is 11.4. The number of benzene rings is 3. The Balaban J connectivity index is 1.10. The fraction of sp³-hybridized carbons (Fsp3) is 0.410. The van der Waals surface area contributed by atoms with Crippen LogP contribution in [0.5, 0.6) is 0 Å². The number of anilines is 3. The van der Waals surface area contributed by atoms with Gasteiger partial charge in [-0.15, -0.1) is 0 Å². The van der Waals surface area contributed by atoms with Crippen molar-refractivity contribution >= 4 is 82.8 Å². The molecule has 4 amide bonds. The monoisotopic (exact) mass is 849 g/mol. The molecule has 3 aromatic carbocycles. The molecule has 3 N–H and O–H groups in total. The van der Waals surface area contributed by atoms with E-state index in [0.29, 0.717) is 42.2 Å². The van der Waals surface area contributed by atoms with E-state index in [9.17, 15) is 37.1 Å². The van der Waals surface area contributed by atoms with E-state index in [-0.39, 0.29) is 27.4 Å². The molecule has 18 heteroatoms. The third-order valence-corrected chi connectivity index (χ3v) is 11.6. The predicted octanol–water partition coefficient (Wildman–Crippen LogP) is 7.10. The lowest BCUT2D eigenvalue weighted by Crippen LogP contribution is -2.47. The number of carbonyl (C=O) groups excluding carboxylic acids is 5. The van der Waals surface area contributed by atoms with Crippen molar-refractivity contribution in [2.45, 2.75) is 44.8 Å². The quantitative estimate of drug-likeness (QED) is 0.107. The highest BCUT2D eigenvalue weighted by Crippen LogP contribution is 2.35. The van der Waals surface area contributed by atoms with Gasteiger partial charge < -0.3 is 24.7 Å². The number of hydrogen-bond donors (Lipinski definition) is 3. The summed E-state index contributed by atoms with van der Waals surface area (Å²) >= 11 is 13.6. The molecule has 0 radical (unpaired) electrons. The van der Waals surface area contributed by atoms with Crippen LogP contribution in [0.4, 0.5) is 30.2 Å². The molecule has 2 saturated heterocycles. The van der Waals surface area contributed by atoms with E-state index in [2.05, 4.69) is 29.5 Å². The molecule has 2 fully saturated rings. The third-order valence-electron chi connectivity index (χ3n) is 10.1. The van der Waals surface area contributed by atoms with E-state index in [4.69, 9.17) is 23.2 Å². The van der Waals surface area contributed by atoms with E-state index >= 15 is 0 Å². The first kappa shape index (κ1) is 43.8. The van der Waals surface area contributed by atoms with Gasteiger partial charge in [0.2, 0.25) is 12.3 Å². The standard InChI is InChI=1S/C39H44Cl2F3N7O5S/c1-3-4-35(37(55)45-24-53)48(2)38(56)30-21-29(8-5-26(30)23-52)50-13-11-25(12-14-50)22-49-15-17-51(18-16-49)57-47-33-10-7-28(40)20-31(33)36(54)46-34-9-6-27(19-32(34)41)39(42,43)44/h5-10,19-21,23-25,35,47H,3-4,11-18,22H2,1-2H3,(H,46,54)(H,45,53,55). The lowest BCUT2D eigenvalue weighted by molar-refractivity contribution is -0.137. The fourth-order valence-corrected chi connectivity index (χ4v) is 8.07. The summed E-state index contributed by atoms with van der Waals surface area (Å²) in [4.78, 5) is 68.0. The number of hydrogen-bond acceptors (Lipinski definition) is 10. The lowest BCUT2D eigenvalue weighted by atomic mass is 9.95. The first-order chi connectivity index (χ1) is 27.2. The van der Waals surface area contributed by atoms with Crippen molar-refractivity contribution in [3.8, 4) is 0 Å². The summed E-state index contributed by atoms with van der Waals surface area (Å²) in [6, 6.07) is 11.8. The van der Waals surface area contributed by atoms with Gasteiger partial charge in [-0.1, -0.05) is 36.5 Å². The molecule has 0 spiro atoms. The van der Waals surface area contributed by atoms with Gasteiger partial charge in [0.25, 0.3) is 11.8 Å². The molecule has 3 aromatic rings. The minimum Gasteiger partial charge on any atom is -0.371 e. The van der Waals surface area contributed by atoms with Crippen molar-refractivity contribution in [2.24, 2.45) is 5.92 Å². The molecular weight excluding hydrogens is 806 g/mol. The molecule has 57 heavy (non-hydrogen) atoms. The SMILES string of the molecule is CCCC(C(=O)NC=O)N(C)C(=O)c1cc(N2CCC(CN3CCN(SNc4ccc(Cl)cc4C(=O)Nc4ccc(C(F)(F)F)cc4Cl)CC3)CC2)ccc1C=O. The summed E-state index contributed by atoms with van der Waals surface area (Å²) in [6.45, 7) is 7.56. The highest BCUT2D eigenvalue weighted by Gasteiger charge is 2.32. The van der Waals surface area contributed by atoms with Crippen LogP contribution in [0.1, 0.15) is 69.2 Å². The number of aldehydes is 1. The van der Waals surface area contributed by atoms with Crippen LogP contribution in [0, 0.1) is 5.92 Å². The molecule has 0 saturated carbocycles. The predicted molar refractivity (Wildman–Crippen MR) is 217 cm³/mol. The first-order valence-corrected chi connectivity index (χ1v) is 20.0. The number of piperazine rings is 1. The minimum atomic E-state index is -4.57. The number of rotatable bonds is 15. The van der Waals surface area contributed by atoms with Crippen LogP contribution in [-0.4, -0.2) is 103 Å². The van der Waals surface area contributed by atoms with Gasteiger partial charge in [0.05, 0.1) is 33.1 Å². The molecule has 306 valence electrons. The van der Waals surface area contributed by atoms with Gasteiger partial charge in [-0.3, -0.25) is 29.3 Å². The van der Waals surface area contributed by atoms with Crippen molar-refractivity contribution in [1.29, 1.82) is 0 Å². The van der Waals surface area contributed by atoms with Crippen molar-refractivity contribution in [1.82, 2.24) is 19.4 Å². The fourth-order valence-electron chi connectivity index (χ4n) is 6.92. The van der Waals surface area contributed by atoms with Crippen LogP contribution in [-0.2, 0) is 15.8 Å². The largest absolute Gasteiger partial charge is 0.416 e. The Morgan fingerprint density at radius 3 is 2.26 bits per heavy atom. The van der Waals surface area contributed by atoms with Crippen LogP contribution < -0.4 is 20.3 Å². The maximum absolute atomic E-state index is 13.6. The molecule has 0 bridgehead atoms. The number of carbonyl (C=O) groups is 5. The number of nitrogens with zero attached hydrogens (tertiary/aromatic N) is 4. The Kier molecular flexibility index (Phi) is 15.3. The number of halogens is 5. The number of likely N-dealkylation sites (N-methyl/N-ethyl adjacent to an activating group) is 1. The van der Waals surface area contributed by atoms with Gasteiger partial charge in [-0.2, -0.15) is 13.2 Å². The highest BCUT2D eigenvalue weighted by atomic mass is 35.5. The van der Waals surface area contributed by atoms with Crippen molar-refractivity contribution < 1.29 is 37.1 Å². The normalized spacial score (nSPS) is 16.1. The van der Waals surface area contributed by atoms with Crippen LogP contribution in [0.15, 0.2) is 54.6 Å². The molecular formula is C39H44Cl2F3N7O5S. The summed E-state index contributed by atoms with van der Waals surface area (Å²) in [5.41, 5.74) is 1.05. The first-order valence-electron chi connectivity index (χ1n) is 18.5. The van der Waals surface area contributed by atoms with E-state index in [1.165, 1.54) is 30.1 Å². The van der Waals surface area contributed by atoms with Gasteiger partial charge in [-0.05, 0) is 79.8 Å². The average Bonchev–Trinajstić information content (AvgIpc) is 3.19. The molecule has 1 unspecified atom stereocenters. The Hall–Kier alpha value is -4.35. The number of nitrogens with one attached hydrogen (secondary N) is 3. The number of alkyl halides is 3. The molecule has 12 nitrogen and oxygen atoms in total. The average molecular weight is 851 g/mol. The van der Waals surface area contributed by atoms with Gasteiger partial charge >= 0.3 is 6.18 Å². The summed E-state index contributed by atoms with van der Waals surface area (Å²) in [5, 5.41) is 4.78. The molecule has 0 aliphatic carbocycles. The van der Waals surface area contributed by atoms with Crippen molar-refractivity contribution in [3.63, 3.8) is 0 Å². The van der Waals surface area contributed by atoms with Crippen molar-refractivity contribution in [3.05, 3.63) is 86.9 Å². The number of imide groups is 1. The molecule has 0 aromatic heterocycles. The molecule has 1 atom stereocenters. The Bertz CT molecular complexity index is 1940. The van der Waals surface area contributed by atoms with Gasteiger partial charge in [0.1, 0.15) is 6.04 Å². The molecule has 2 heterocycles. The second kappa shape index (κ2) is 19.9. The van der Waals surface area contributed by atoms with Crippen LogP contribution in [0.25, 0.3) is 0 Å². The topological polar surface area (TPSA) is 134 Å². The maximum Gasteiger partial charge on any atom is 0.416 e. The van der Waals surface area contributed by atoms with Gasteiger partial charge in [0, 0.05) is 81.3 Å². The van der Waals surface area contributed by atoms with E-state index in [1.807, 2.05) is 13.0 Å². The van der Waals surface area contributed by atoms with E-state index in [0.717, 1.165) is 82.5 Å². The van der Waals surface area contributed by atoms with E-state index in [1.54, 1.807) is 24.3 Å². The Morgan fingerprint density at radius 2 is 1.63 bits per heavy atom. The minimum absolute atomic E-state index is 0.0369. The second-order valence-corrected chi connectivity index (χ2v) is 15.7. The Labute approximate surface area is 343 Å². The molecule has 5 rings (SSSR count). The van der Waals surface area contributed by atoms with E-state index < -0.39 is 35.5 Å². The van der Waals surface area contributed by atoms with Crippen LogP contribution in [0.2, 0.25) is 10.0 Å². The zero-order valence-electron chi connectivity index (χ0n) is 31.4.